The number of rotatable bonds is 2. The summed E-state index contributed by atoms with van der Waals surface area (Å²) < 4.78 is 0. The van der Waals surface area contributed by atoms with Crippen molar-refractivity contribution in [3.8, 4) is 11.1 Å². The van der Waals surface area contributed by atoms with Gasteiger partial charge in [-0.2, -0.15) is 0 Å². The first-order valence-corrected chi connectivity index (χ1v) is 6.94. The van der Waals surface area contributed by atoms with Crippen LogP contribution < -0.4 is 5.32 Å². The Labute approximate surface area is 120 Å². The van der Waals surface area contributed by atoms with Crippen LogP contribution in [0.5, 0.6) is 0 Å². The highest BCUT2D eigenvalue weighted by atomic mass is 32.2. The third kappa shape index (κ3) is 2.65. The normalized spacial score (nSPS) is 16.5. The second kappa shape index (κ2) is 5.35. The summed E-state index contributed by atoms with van der Waals surface area (Å²) in [6.07, 6.45) is 1.73. The largest absolute Gasteiger partial charge is 0.290 e. The number of imide groups is 1. The van der Waals surface area contributed by atoms with Crippen molar-refractivity contribution < 1.29 is 9.59 Å². The molecular formula is C16H11NO2S. The lowest BCUT2D eigenvalue weighted by Gasteiger charge is -2.03. The molecule has 20 heavy (non-hydrogen) atoms. The number of carbonyl (C=O) groups excluding carboxylic acids is 2. The second-order valence-corrected chi connectivity index (χ2v) is 5.36. The summed E-state index contributed by atoms with van der Waals surface area (Å²) in [5, 5.41) is 1.93. The molecule has 2 amide bonds. The Bertz CT molecular complexity index is 707. The summed E-state index contributed by atoms with van der Waals surface area (Å²) in [4.78, 5) is 23.1. The molecule has 0 bridgehead atoms. The van der Waals surface area contributed by atoms with Gasteiger partial charge in [-0.25, -0.2) is 0 Å². The van der Waals surface area contributed by atoms with Crippen LogP contribution in [0.25, 0.3) is 17.2 Å². The van der Waals surface area contributed by atoms with Crippen LogP contribution in [0.4, 0.5) is 4.79 Å². The number of nitrogens with one attached hydrogen (secondary N) is 1. The van der Waals surface area contributed by atoms with Crippen LogP contribution in [0.15, 0.2) is 59.5 Å². The van der Waals surface area contributed by atoms with Crippen molar-refractivity contribution in [3.63, 3.8) is 0 Å². The summed E-state index contributed by atoms with van der Waals surface area (Å²) in [5.74, 6) is -0.329. The van der Waals surface area contributed by atoms with E-state index in [4.69, 9.17) is 0 Å². The van der Waals surface area contributed by atoms with Crippen molar-refractivity contribution in [3.05, 3.63) is 65.1 Å². The van der Waals surface area contributed by atoms with Gasteiger partial charge in [-0.15, -0.1) is 0 Å². The molecule has 0 radical (unpaired) electrons. The van der Waals surface area contributed by atoms with Gasteiger partial charge in [0.05, 0.1) is 4.91 Å². The van der Waals surface area contributed by atoms with E-state index in [0.29, 0.717) is 4.91 Å². The summed E-state index contributed by atoms with van der Waals surface area (Å²) in [7, 11) is 0. The molecule has 2 aromatic rings. The van der Waals surface area contributed by atoms with Gasteiger partial charge in [-0.05, 0) is 40.6 Å². The number of thioether (sulfide) groups is 1. The molecule has 98 valence electrons. The summed E-state index contributed by atoms with van der Waals surface area (Å²) in [6, 6.07) is 17.9. The van der Waals surface area contributed by atoms with Crippen LogP contribution in [0, 0.1) is 0 Å². The minimum absolute atomic E-state index is 0.319. The molecule has 1 heterocycles. The first-order valence-electron chi connectivity index (χ1n) is 6.13. The molecule has 4 heteroatoms. The standard InChI is InChI=1S/C16H11NO2S/c18-15-14(20-16(19)17-15)10-11-5-4-8-13(9-11)12-6-2-1-3-7-12/h1-10H,(H,17,18,19). The molecule has 1 aliphatic rings. The lowest BCUT2D eigenvalue weighted by atomic mass is 10.0. The lowest BCUT2D eigenvalue weighted by molar-refractivity contribution is -0.115. The number of hydrogen-bond donors (Lipinski definition) is 1. The molecule has 0 spiro atoms. The zero-order valence-electron chi connectivity index (χ0n) is 10.5. The SMILES string of the molecule is O=C1NC(=O)C(=Cc2cccc(-c3ccccc3)c2)S1. The predicted octanol–water partition coefficient (Wildman–Crippen LogP) is 3.68. The Morgan fingerprint density at radius 3 is 2.35 bits per heavy atom. The predicted molar refractivity (Wildman–Crippen MR) is 81.0 cm³/mol. The summed E-state index contributed by atoms with van der Waals surface area (Å²) >= 11 is 0.932. The Kier molecular flexibility index (Phi) is 3.39. The fourth-order valence-corrected chi connectivity index (χ4v) is 2.69. The van der Waals surface area contributed by atoms with E-state index < -0.39 is 0 Å². The highest BCUT2D eigenvalue weighted by molar-refractivity contribution is 8.18. The van der Waals surface area contributed by atoms with Gasteiger partial charge in [0.15, 0.2) is 0 Å². The van der Waals surface area contributed by atoms with Gasteiger partial charge in [0, 0.05) is 0 Å². The van der Waals surface area contributed by atoms with Crippen molar-refractivity contribution in [2.75, 3.05) is 0 Å². The Balaban J connectivity index is 1.95. The molecule has 1 saturated heterocycles. The van der Waals surface area contributed by atoms with Gasteiger partial charge in [0.1, 0.15) is 0 Å². The monoisotopic (exact) mass is 281 g/mol. The van der Waals surface area contributed by atoms with Gasteiger partial charge in [-0.3, -0.25) is 14.9 Å². The topological polar surface area (TPSA) is 46.2 Å². The van der Waals surface area contributed by atoms with E-state index in [2.05, 4.69) is 5.32 Å². The van der Waals surface area contributed by atoms with Crippen molar-refractivity contribution in [1.82, 2.24) is 5.32 Å². The first kappa shape index (κ1) is 12.7. The van der Waals surface area contributed by atoms with E-state index in [-0.39, 0.29) is 11.1 Å². The molecule has 1 fully saturated rings. The van der Waals surface area contributed by atoms with E-state index in [9.17, 15) is 9.59 Å². The van der Waals surface area contributed by atoms with Gasteiger partial charge in [-0.1, -0.05) is 48.5 Å². The fraction of sp³-hybridized carbons (Fsp3) is 0. The number of carbonyl (C=O) groups is 2. The molecule has 0 aromatic heterocycles. The molecule has 0 atom stereocenters. The number of benzene rings is 2. The molecule has 0 saturated carbocycles. The average molecular weight is 281 g/mol. The first-order chi connectivity index (χ1) is 9.72. The molecule has 0 unspecified atom stereocenters. The van der Waals surface area contributed by atoms with Crippen LogP contribution in [0.2, 0.25) is 0 Å². The van der Waals surface area contributed by atoms with Crippen LogP contribution in [-0.2, 0) is 4.79 Å². The van der Waals surface area contributed by atoms with Gasteiger partial charge < -0.3 is 0 Å². The summed E-state index contributed by atoms with van der Waals surface area (Å²) in [5.41, 5.74) is 3.10. The highest BCUT2D eigenvalue weighted by Crippen LogP contribution is 2.27. The van der Waals surface area contributed by atoms with Gasteiger partial charge in [0.2, 0.25) is 0 Å². The van der Waals surface area contributed by atoms with E-state index in [1.807, 2.05) is 54.6 Å². The molecule has 2 aromatic carbocycles. The Morgan fingerprint density at radius 1 is 0.900 bits per heavy atom. The number of hydrogen-bond acceptors (Lipinski definition) is 3. The van der Waals surface area contributed by atoms with Gasteiger partial charge >= 0.3 is 0 Å². The zero-order valence-corrected chi connectivity index (χ0v) is 11.3. The van der Waals surface area contributed by atoms with E-state index in [1.165, 1.54) is 0 Å². The fourth-order valence-electron chi connectivity index (χ4n) is 2.01. The minimum atomic E-state index is -0.329. The molecule has 1 aliphatic heterocycles. The van der Waals surface area contributed by atoms with E-state index >= 15 is 0 Å². The molecular weight excluding hydrogens is 270 g/mol. The summed E-state index contributed by atoms with van der Waals surface area (Å²) in [6.45, 7) is 0. The Hall–Kier alpha value is -2.33. The maximum absolute atomic E-state index is 11.5. The van der Waals surface area contributed by atoms with Crippen molar-refractivity contribution >= 4 is 29.0 Å². The maximum atomic E-state index is 11.5. The zero-order chi connectivity index (χ0) is 13.9. The number of amides is 2. The second-order valence-electron chi connectivity index (χ2n) is 4.34. The van der Waals surface area contributed by atoms with Crippen molar-refractivity contribution in [2.45, 2.75) is 0 Å². The third-order valence-corrected chi connectivity index (χ3v) is 3.74. The molecule has 3 nitrogen and oxygen atoms in total. The van der Waals surface area contributed by atoms with Crippen molar-refractivity contribution in [2.24, 2.45) is 0 Å². The quantitative estimate of drug-likeness (QED) is 0.854. The third-order valence-electron chi connectivity index (χ3n) is 2.93. The van der Waals surface area contributed by atoms with E-state index in [0.717, 1.165) is 28.5 Å². The Morgan fingerprint density at radius 2 is 1.65 bits per heavy atom. The molecule has 0 aliphatic carbocycles. The van der Waals surface area contributed by atoms with Gasteiger partial charge in [0.25, 0.3) is 11.1 Å². The van der Waals surface area contributed by atoms with E-state index in [1.54, 1.807) is 6.08 Å². The molecule has 1 N–H and O–H groups in total. The van der Waals surface area contributed by atoms with Crippen molar-refractivity contribution in [1.29, 1.82) is 0 Å². The smallest absolute Gasteiger partial charge is 0.282 e. The minimum Gasteiger partial charge on any atom is -0.282 e. The molecule has 3 rings (SSSR count). The maximum Gasteiger partial charge on any atom is 0.290 e. The van der Waals surface area contributed by atoms with Crippen LogP contribution in [0.3, 0.4) is 0 Å². The average Bonchev–Trinajstić information content (AvgIpc) is 2.78. The van der Waals surface area contributed by atoms with Crippen LogP contribution >= 0.6 is 11.8 Å². The van der Waals surface area contributed by atoms with Crippen LogP contribution in [0.1, 0.15) is 5.56 Å². The lowest BCUT2D eigenvalue weighted by Crippen LogP contribution is -2.17. The van der Waals surface area contributed by atoms with Crippen LogP contribution in [-0.4, -0.2) is 11.1 Å². The highest BCUT2D eigenvalue weighted by Gasteiger charge is 2.24.